The number of hydrogen-bond donors (Lipinski definition) is 1. The summed E-state index contributed by atoms with van der Waals surface area (Å²) in [5, 5.41) is 4.20. The molecule has 6 rings (SSSR count). The normalized spacial score (nSPS) is 45.3. The van der Waals surface area contributed by atoms with Crippen molar-refractivity contribution in [2.75, 3.05) is 13.2 Å². The van der Waals surface area contributed by atoms with E-state index < -0.39 is 0 Å². The van der Waals surface area contributed by atoms with Crippen molar-refractivity contribution in [3.63, 3.8) is 0 Å². The summed E-state index contributed by atoms with van der Waals surface area (Å²) in [7, 11) is 0. The van der Waals surface area contributed by atoms with Gasteiger partial charge in [-0.15, -0.1) is 0 Å². The van der Waals surface area contributed by atoms with Crippen molar-refractivity contribution in [1.29, 1.82) is 0 Å². The van der Waals surface area contributed by atoms with E-state index in [9.17, 15) is 0 Å². The first-order chi connectivity index (χ1) is 14.7. The standard InChI is InChI=1S/C27H38N2O/c1-17-7-5-8-19(15-17)29-24-13-12-21-20-9-3-4-11-23(18(20)2)28-27(21)26(24)22-10-6-14-30-16-25(22)29/h3,8-9,12-13,17-18,20-23,25,27-28H,4-7,10-11,14-16H2,1-2H3/t17-,18?,20?,21?,22-,23?,25?,27?/m0/s1. The highest BCUT2D eigenvalue weighted by atomic mass is 16.5. The molecule has 162 valence electrons. The van der Waals surface area contributed by atoms with Crippen LogP contribution in [0, 0.1) is 29.6 Å². The minimum absolute atomic E-state index is 0.496. The predicted octanol–water partition coefficient (Wildman–Crippen LogP) is 5.18. The van der Waals surface area contributed by atoms with Gasteiger partial charge in [0.25, 0.3) is 0 Å². The Morgan fingerprint density at radius 1 is 1.07 bits per heavy atom. The van der Waals surface area contributed by atoms with Gasteiger partial charge in [-0.05, 0) is 74.3 Å². The molecule has 3 aliphatic carbocycles. The molecule has 0 saturated carbocycles. The van der Waals surface area contributed by atoms with Crippen LogP contribution >= 0.6 is 0 Å². The van der Waals surface area contributed by atoms with Gasteiger partial charge in [0.05, 0.1) is 12.6 Å². The van der Waals surface area contributed by atoms with Crippen LogP contribution in [-0.4, -0.2) is 36.2 Å². The zero-order valence-corrected chi connectivity index (χ0v) is 18.7. The zero-order valence-electron chi connectivity index (χ0n) is 18.7. The third-order valence-electron chi connectivity index (χ3n) is 9.03. The average Bonchev–Trinajstić information content (AvgIpc) is 2.83. The monoisotopic (exact) mass is 406 g/mol. The van der Waals surface area contributed by atoms with Crippen LogP contribution in [0.2, 0.25) is 0 Å². The van der Waals surface area contributed by atoms with E-state index in [4.69, 9.17) is 4.74 Å². The number of ether oxygens (including phenoxy) is 1. The number of nitrogens with zero attached hydrogens (tertiary/aromatic N) is 1. The van der Waals surface area contributed by atoms with Crippen molar-refractivity contribution >= 4 is 0 Å². The fourth-order valence-electron chi connectivity index (χ4n) is 7.50. The lowest BCUT2D eigenvalue weighted by molar-refractivity contribution is 0.0958. The smallest absolute Gasteiger partial charge is 0.0679 e. The van der Waals surface area contributed by atoms with Gasteiger partial charge in [0.15, 0.2) is 0 Å². The maximum absolute atomic E-state index is 6.16. The molecule has 2 fully saturated rings. The summed E-state index contributed by atoms with van der Waals surface area (Å²) >= 11 is 0. The molecule has 0 aromatic heterocycles. The average molecular weight is 407 g/mol. The van der Waals surface area contributed by atoms with Crippen molar-refractivity contribution in [2.24, 2.45) is 29.6 Å². The fraction of sp³-hybridized carbons (Fsp3) is 0.704. The summed E-state index contributed by atoms with van der Waals surface area (Å²) in [6, 6.07) is 1.65. The van der Waals surface area contributed by atoms with E-state index in [1.807, 2.05) is 0 Å². The van der Waals surface area contributed by atoms with Crippen LogP contribution in [0.3, 0.4) is 0 Å². The lowest BCUT2D eigenvalue weighted by atomic mass is 9.66. The van der Waals surface area contributed by atoms with E-state index in [-0.39, 0.29) is 0 Å². The first-order valence-electron chi connectivity index (χ1n) is 12.6. The topological polar surface area (TPSA) is 24.5 Å². The Morgan fingerprint density at radius 3 is 2.90 bits per heavy atom. The highest BCUT2D eigenvalue weighted by Gasteiger charge is 2.51. The van der Waals surface area contributed by atoms with Gasteiger partial charge in [-0.3, -0.25) is 0 Å². The number of hydrogen-bond acceptors (Lipinski definition) is 3. The van der Waals surface area contributed by atoms with Gasteiger partial charge in [0.1, 0.15) is 0 Å². The van der Waals surface area contributed by atoms with E-state index in [1.54, 1.807) is 11.3 Å². The summed E-state index contributed by atoms with van der Waals surface area (Å²) in [5.41, 5.74) is 4.83. The van der Waals surface area contributed by atoms with Gasteiger partial charge in [0, 0.05) is 41.9 Å². The molecule has 3 aliphatic heterocycles. The summed E-state index contributed by atoms with van der Waals surface area (Å²) in [4.78, 5) is 2.74. The van der Waals surface area contributed by atoms with Crippen molar-refractivity contribution in [3.8, 4) is 0 Å². The predicted molar refractivity (Wildman–Crippen MR) is 122 cm³/mol. The van der Waals surface area contributed by atoms with Gasteiger partial charge in [-0.1, -0.05) is 38.2 Å². The summed E-state index contributed by atoms with van der Waals surface area (Å²) in [5.74, 6) is 3.45. The second-order valence-electron chi connectivity index (χ2n) is 10.8. The SMILES string of the molecule is CC1C2CCC=CC1C1C=CC3=C(C1N2)[C@H]1CCCOCC1N3C1=CCC[C@H](C)C1. The number of piperidine rings is 1. The molecular formula is C27H38N2O. The molecular weight excluding hydrogens is 368 g/mol. The Morgan fingerprint density at radius 2 is 2.00 bits per heavy atom. The molecule has 2 saturated heterocycles. The maximum Gasteiger partial charge on any atom is 0.0679 e. The third-order valence-corrected chi connectivity index (χ3v) is 9.03. The minimum atomic E-state index is 0.496. The van der Waals surface area contributed by atoms with E-state index in [2.05, 4.69) is 54.4 Å². The Labute approximate surface area is 182 Å². The fourth-order valence-corrected chi connectivity index (χ4v) is 7.50. The van der Waals surface area contributed by atoms with Crippen LogP contribution in [0.5, 0.6) is 0 Å². The van der Waals surface area contributed by atoms with Crippen molar-refractivity contribution in [1.82, 2.24) is 10.2 Å². The lowest BCUT2D eigenvalue weighted by Gasteiger charge is -2.47. The van der Waals surface area contributed by atoms with Crippen molar-refractivity contribution in [3.05, 3.63) is 47.3 Å². The molecule has 2 bridgehead atoms. The van der Waals surface area contributed by atoms with E-state index >= 15 is 0 Å². The molecule has 3 heterocycles. The number of allylic oxidation sites excluding steroid dienone is 5. The van der Waals surface area contributed by atoms with E-state index in [0.29, 0.717) is 35.9 Å². The molecule has 0 aromatic carbocycles. The highest BCUT2D eigenvalue weighted by molar-refractivity contribution is 5.45. The second-order valence-corrected chi connectivity index (χ2v) is 10.8. The Balaban J connectivity index is 1.42. The first-order valence-corrected chi connectivity index (χ1v) is 12.6. The quantitative estimate of drug-likeness (QED) is 0.607. The second kappa shape index (κ2) is 7.67. The molecule has 1 N–H and O–H groups in total. The minimum Gasteiger partial charge on any atom is -0.379 e. The number of nitrogens with one attached hydrogen (secondary N) is 1. The third kappa shape index (κ3) is 2.99. The molecule has 3 heteroatoms. The first kappa shape index (κ1) is 19.4. The van der Waals surface area contributed by atoms with Crippen molar-refractivity contribution < 1.29 is 4.74 Å². The van der Waals surface area contributed by atoms with Crippen molar-refractivity contribution in [2.45, 2.75) is 76.9 Å². The summed E-state index contributed by atoms with van der Waals surface area (Å²) in [6.07, 6.45) is 21.4. The van der Waals surface area contributed by atoms with E-state index in [1.165, 1.54) is 50.6 Å². The van der Waals surface area contributed by atoms with Crippen LogP contribution < -0.4 is 5.32 Å². The van der Waals surface area contributed by atoms with Gasteiger partial charge >= 0.3 is 0 Å². The highest BCUT2D eigenvalue weighted by Crippen LogP contribution is 2.51. The largest absolute Gasteiger partial charge is 0.379 e. The molecule has 0 amide bonds. The van der Waals surface area contributed by atoms with Gasteiger partial charge in [0.2, 0.25) is 0 Å². The molecule has 6 unspecified atom stereocenters. The molecule has 8 atom stereocenters. The molecule has 0 aromatic rings. The number of fused-ring (bicyclic) bond motifs is 7. The Hall–Kier alpha value is -1.32. The van der Waals surface area contributed by atoms with Crippen LogP contribution in [0.25, 0.3) is 0 Å². The molecule has 0 spiro atoms. The summed E-state index contributed by atoms with van der Waals surface area (Å²) in [6.45, 7) is 6.72. The zero-order chi connectivity index (χ0) is 20.2. The van der Waals surface area contributed by atoms with Gasteiger partial charge in [-0.2, -0.15) is 0 Å². The van der Waals surface area contributed by atoms with Crippen LogP contribution in [0.4, 0.5) is 0 Å². The lowest BCUT2D eigenvalue weighted by Crippen LogP contribution is -2.56. The van der Waals surface area contributed by atoms with Crippen LogP contribution in [-0.2, 0) is 4.74 Å². The van der Waals surface area contributed by atoms with Gasteiger partial charge in [-0.25, -0.2) is 0 Å². The maximum atomic E-state index is 6.16. The molecule has 30 heavy (non-hydrogen) atoms. The van der Waals surface area contributed by atoms with E-state index in [0.717, 1.165) is 25.0 Å². The van der Waals surface area contributed by atoms with Gasteiger partial charge < -0.3 is 15.0 Å². The molecule has 6 aliphatic rings. The van der Waals surface area contributed by atoms with Crippen LogP contribution in [0.15, 0.2) is 47.3 Å². The number of rotatable bonds is 1. The Kier molecular flexibility index (Phi) is 4.95. The Bertz CT molecular complexity index is 808. The molecule has 0 radical (unpaired) electrons. The summed E-state index contributed by atoms with van der Waals surface area (Å²) < 4.78 is 6.16. The molecule has 3 nitrogen and oxygen atoms in total. The van der Waals surface area contributed by atoms with Crippen LogP contribution in [0.1, 0.15) is 58.8 Å².